The first-order chi connectivity index (χ1) is 9.55. The summed E-state index contributed by atoms with van der Waals surface area (Å²) in [6.45, 7) is 3.87. The maximum Gasteiger partial charge on any atom is 0.120 e. The number of rotatable bonds is 4. The van der Waals surface area contributed by atoms with Gasteiger partial charge in [0.15, 0.2) is 0 Å². The van der Waals surface area contributed by atoms with E-state index < -0.39 is 5.60 Å². The molecule has 1 unspecified atom stereocenters. The zero-order chi connectivity index (χ0) is 14.2. The molecule has 2 heteroatoms. The molecule has 1 fully saturated rings. The predicted octanol–water partition coefficient (Wildman–Crippen LogP) is 3.79. The fourth-order valence-corrected chi connectivity index (χ4v) is 2.30. The van der Waals surface area contributed by atoms with E-state index in [4.69, 9.17) is 4.74 Å². The van der Waals surface area contributed by atoms with E-state index in [2.05, 4.69) is 0 Å². The van der Waals surface area contributed by atoms with Crippen LogP contribution in [0.2, 0.25) is 0 Å². The standard InChI is InChI=1S/C18H20O2/c1-13-6-8-14(9-7-13)18(2,19)15-4-3-5-17(12-15)20-16-10-11-16/h3-9,12,16,19H,10-11H2,1-2H3. The molecule has 0 aliphatic heterocycles. The average molecular weight is 268 g/mol. The van der Waals surface area contributed by atoms with E-state index in [9.17, 15) is 5.11 Å². The first-order valence-corrected chi connectivity index (χ1v) is 7.12. The Morgan fingerprint density at radius 1 is 1.05 bits per heavy atom. The van der Waals surface area contributed by atoms with Crippen LogP contribution in [-0.4, -0.2) is 11.2 Å². The zero-order valence-electron chi connectivity index (χ0n) is 12.0. The summed E-state index contributed by atoms with van der Waals surface area (Å²) in [4.78, 5) is 0. The summed E-state index contributed by atoms with van der Waals surface area (Å²) in [6, 6.07) is 15.8. The summed E-state index contributed by atoms with van der Waals surface area (Å²) in [5.74, 6) is 0.845. The fourth-order valence-electron chi connectivity index (χ4n) is 2.30. The Hall–Kier alpha value is -1.80. The quantitative estimate of drug-likeness (QED) is 0.914. The molecule has 2 aromatic carbocycles. The molecule has 1 aliphatic rings. The predicted molar refractivity (Wildman–Crippen MR) is 79.9 cm³/mol. The van der Waals surface area contributed by atoms with Gasteiger partial charge in [-0.25, -0.2) is 0 Å². The first kappa shape index (κ1) is 13.2. The zero-order valence-corrected chi connectivity index (χ0v) is 12.0. The van der Waals surface area contributed by atoms with Gasteiger partial charge < -0.3 is 9.84 Å². The van der Waals surface area contributed by atoms with Crippen LogP contribution in [0.3, 0.4) is 0 Å². The Morgan fingerprint density at radius 3 is 2.40 bits per heavy atom. The van der Waals surface area contributed by atoms with E-state index in [-0.39, 0.29) is 0 Å². The van der Waals surface area contributed by atoms with Crippen molar-refractivity contribution in [3.63, 3.8) is 0 Å². The Morgan fingerprint density at radius 2 is 1.75 bits per heavy atom. The van der Waals surface area contributed by atoms with Crippen LogP contribution in [0, 0.1) is 6.92 Å². The monoisotopic (exact) mass is 268 g/mol. The lowest BCUT2D eigenvalue weighted by Gasteiger charge is -2.25. The van der Waals surface area contributed by atoms with Gasteiger partial charge in [0, 0.05) is 0 Å². The number of ether oxygens (including phenoxy) is 1. The lowest BCUT2D eigenvalue weighted by Crippen LogP contribution is -2.22. The Kier molecular flexibility index (Phi) is 3.27. The van der Waals surface area contributed by atoms with Crippen LogP contribution in [0.25, 0.3) is 0 Å². The maximum atomic E-state index is 10.9. The van der Waals surface area contributed by atoms with Gasteiger partial charge in [0.05, 0.1) is 6.10 Å². The number of aryl methyl sites for hydroxylation is 1. The summed E-state index contributed by atoms with van der Waals surface area (Å²) < 4.78 is 5.80. The number of hydrogen-bond donors (Lipinski definition) is 1. The van der Waals surface area contributed by atoms with Crippen molar-refractivity contribution in [3.05, 3.63) is 65.2 Å². The third-order valence-electron chi connectivity index (χ3n) is 3.84. The summed E-state index contributed by atoms with van der Waals surface area (Å²) in [5.41, 5.74) is 1.94. The molecule has 0 amide bonds. The van der Waals surface area contributed by atoms with Gasteiger partial charge in [0.2, 0.25) is 0 Å². The molecule has 2 nitrogen and oxygen atoms in total. The van der Waals surface area contributed by atoms with E-state index >= 15 is 0 Å². The van der Waals surface area contributed by atoms with Gasteiger partial charge in [-0.1, -0.05) is 42.0 Å². The van der Waals surface area contributed by atoms with Crippen LogP contribution in [0.4, 0.5) is 0 Å². The molecule has 0 heterocycles. The summed E-state index contributed by atoms with van der Waals surface area (Å²) in [7, 11) is 0. The van der Waals surface area contributed by atoms with Crippen molar-refractivity contribution in [2.24, 2.45) is 0 Å². The number of benzene rings is 2. The topological polar surface area (TPSA) is 29.5 Å². The van der Waals surface area contributed by atoms with Gasteiger partial charge in [-0.3, -0.25) is 0 Å². The maximum absolute atomic E-state index is 10.9. The minimum atomic E-state index is -1.00. The lowest BCUT2D eigenvalue weighted by molar-refractivity contribution is 0.102. The van der Waals surface area contributed by atoms with Crippen LogP contribution in [0.5, 0.6) is 5.75 Å². The second-order valence-electron chi connectivity index (χ2n) is 5.78. The van der Waals surface area contributed by atoms with Crippen molar-refractivity contribution in [2.75, 3.05) is 0 Å². The highest BCUT2D eigenvalue weighted by Gasteiger charge is 2.27. The highest BCUT2D eigenvalue weighted by atomic mass is 16.5. The molecule has 1 saturated carbocycles. The van der Waals surface area contributed by atoms with E-state index in [0.717, 1.165) is 29.7 Å². The average Bonchev–Trinajstić information content (AvgIpc) is 3.23. The molecule has 0 saturated heterocycles. The van der Waals surface area contributed by atoms with Crippen LogP contribution in [-0.2, 0) is 5.60 Å². The van der Waals surface area contributed by atoms with E-state index in [1.165, 1.54) is 5.56 Å². The Labute approximate surface area is 120 Å². The van der Waals surface area contributed by atoms with Crippen molar-refractivity contribution >= 4 is 0 Å². The molecule has 20 heavy (non-hydrogen) atoms. The first-order valence-electron chi connectivity index (χ1n) is 7.12. The molecule has 3 rings (SSSR count). The molecule has 1 aliphatic carbocycles. The number of aliphatic hydroxyl groups is 1. The van der Waals surface area contributed by atoms with Crippen LogP contribution >= 0.6 is 0 Å². The highest BCUT2D eigenvalue weighted by Crippen LogP contribution is 2.33. The van der Waals surface area contributed by atoms with Gasteiger partial charge in [-0.15, -0.1) is 0 Å². The van der Waals surface area contributed by atoms with Crippen LogP contribution in [0.1, 0.15) is 36.5 Å². The van der Waals surface area contributed by atoms with Gasteiger partial charge in [0.1, 0.15) is 11.4 Å². The molecular weight excluding hydrogens is 248 g/mol. The van der Waals surface area contributed by atoms with Crippen molar-refractivity contribution in [3.8, 4) is 5.75 Å². The largest absolute Gasteiger partial charge is 0.490 e. The molecule has 0 radical (unpaired) electrons. The normalized spacial score (nSPS) is 17.6. The van der Waals surface area contributed by atoms with Gasteiger partial charge in [-0.05, 0) is 49.9 Å². The minimum Gasteiger partial charge on any atom is -0.490 e. The molecule has 104 valence electrons. The van der Waals surface area contributed by atoms with E-state index in [1.807, 2.05) is 62.4 Å². The second-order valence-corrected chi connectivity index (χ2v) is 5.78. The third kappa shape index (κ3) is 2.70. The molecule has 1 N–H and O–H groups in total. The lowest BCUT2D eigenvalue weighted by atomic mass is 9.88. The van der Waals surface area contributed by atoms with E-state index in [1.54, 1.807) is 0 Å². The van der Waals surface area contributed by atoms with Crippen molar-refractivity contribution in [1.82, 2.24) is 0 Å². The summed E-state index contributed by atoms with van der Waals surface area (Å²) >= 11 is 0. The van der Waals surface area contributed by atoms with E-state index in [0.29, 0.717) is 6.10 Å². The van der Waals surface area contributed by atoms with Crippen molar-refractivity contribution in [1.29, 1.82) is 0 Å². The summed E-state index contributed by atoms with van der Waals surface area (Å²) in [5, 5.41) is 10.9. The molecule has 0 spiro atoms. The van der Waals surface area contributed by atoms with Gasteiger partial charge in [-0.2, -0.15) is 0 Å². The van der Waals surface area contributed by atoms with Crippen molar-refractivity contribution in [2.45, 2.75) is 38.4 Å². The second kappa shape index (κ2) is 4.95. The smallest absolute Gasteiger partial charge is 0.120 e. The van der Waals surface area contributed by atoms with Gasteiger partial charge >= 0.3 is 0 Å². The number of hydrogen-bond acceptors (Lipinski definition) is 2. The molecule has 1 atom stereocenters. The van der Waals surface area contributed by atoms with Crippen molar-refractivity contribution < 1.29 is 9.84 Å². The van der Waals surface area contributed by atoms with Gasteiger partial charge in [0.25, 0.3) is 0 Å². The van der Waals surface area contributed by atoms with Crippen LogP contribution < -0.4 is 4.74 Å². The highest BCUT2D eigenvalue weighted by molar-refractivity contribution is 5.40. The Balaban J connectivity index is 1.90. The molecule has 0 bridgehead atoms. The molecular formula is C18H20O2. The summed E-state index contributed by atoms with van der Waals surface area (Å²) in [6.07, 6.45) is 2.64. The third-order valence-corrected chi connectivity index (χ3v) is 3.84. The Bertz CT molecular complexity index is 595. The van der Waals surface area contributed by atoms with Crippen LogP contribution in [0.15, 0.2) is 48.5 Å². The SMILES string of the molecule is Cc1ccc(C(C)(O)c2cccc(OC3CC3)c2)cc1. The minimum absolute atomic E-state index is 0.370. The molecule has 2 aromatic rings. The fraction of sp³-hybridized carbons (Fsp3) is 0.333. The molecule has 0 aromatic heterocycles.